The second-order valence-corrected chi connectivity index (χ2v) is 5.13. The minimum atomic E-state index is -0.842. The number of ketones is 2. The zero-order valence-corrected chi connectivity index (χ0v) is 11.8. The van der Waals surface area contributed by atoms with E-state index < -0.39 is 40.7 Å². The highest BCUT2D eigenvalue weighted by molar-refractivity contribution is 6.27. The van der Waals surface area contributed by atoms with Crippen LogP contribution in [-0.4, -0.2) is 41.0 Å². The molecule has 0 fully saturated rings. The summed E-state index contributed by atoms with van der Waals surface area (Å²) >= 11 is 0. The summed E-state index contributed by atoms with van der Waals surface area (Å²) in [6, 6.07) is 0. The van der Waals surface area contributed by atoms with E-state index in [1.54, 1.807) is 6.92 Å². The topological polar surface area (TPSA) is 110 Å². The molecule has 0 spiro atoms. The first-order valence-electron chi connectivity index (χ1n) is 6.53. The standard InChI is InChI=1S/C15H12O7/c1-5-3-6-9(15(20)22-5)14(19)10-7(16)4-8(21-2)13(18)11(10)12(6)17/h4-5,17,19H,3H2,1-2H3. The molecule has 1 aromatic rings. The predicted molar refractivity (Wildman–Crippen MR) is 72.1 cm³/mol. The molecule has 1 atom stereocenters. The number of carbonyl (C=O) groups is 3. The number of cyclic esters (lactones) is 1. The predicted octanol–water partition coefficient (Wildman–Crippen LogP) is 1.11. The van der Waals surface area contributed by atoms with Crippen molar-refractivity contribution < 1.29 is 34.1 Å². The minimum Gasteiger partial charge on any atom is -0.507 e. The molecule has 22 heavy (non-hydrogen) atoms. The smallest absolute Gasteiger partial charge is 0.342 e. The molecule has 1 unspecified atom stereocenters. The number of phenols is 2. The molecule has 0 saturated heterocycles. The number of phenolic OH excluding ortho intramolecular Hbond substituents is 2. The van der Waals surface area contributed by atoms with Crippen LogP contribution >= 0.6 is 0 Å². The van der Waals surface area contributed by atoms with Crippen molar-refractivity contribution in [3.63, 3.8) is 0 Å². The maximum atomic E-state index is 12.3. The molecule has 0 bridgehead atoms. The largest absolute Gasteiger partial charge is 0.507 e. The lowest BCUT2D eigenvalue weighted by Crippen LogP contribution is -2.28. The summed E-state index contributed by atoms with van der Waals surface area (Å²) in [6.07, 6.45) is 0.518. The lowest BCUT2D eigenvalue weighted by atomic mass is 9.84. The molecule has 1 aliphatic heterocycles. The van der Waals surface area contributed by atoms with Gasteiger partial charge in [-0.1, -0.05) is 0 Å². The highest BCUT2D eigenvalue weighted by Crippen LogP contribution is 2.43. The maximum Gasteiger partial charge on any atom is 0.342 e. The highest BCUT2D eigenvalue weighted by atomic mass is 16.5. The first kappa shape index (κ1) is 14.1. The van der Waals surface area contributed by atoms with Gasteiger partial charge in [0.05, 0.1) is 18.2 Å². The summed E-state index contributed by atoms with van der Waals surface area (Å²) in [4.78, 5) is 36.3. The van der Waals surface area contributed by atoms with Crippen LogP contribution in [0.2, 0.25) is 0 Å². The Morgan fingerprint density at radius 1 is 1.14 bits per heavy atom. The van der Waals surface area contributed by atoms with E-state index in [2.05, 4.69) is 0 Å². The third-order valence-electron chi connectivity index (χ3n) is 3.73. The molecule has 7 heteroatoms. The van der Waals surface area contributed by atoms with Crippen molar-refractivity contribution in [1.29, 1.82) is 0 Å². The van der Waals surface area contributed by atoms with Crippen molar-refractivity contribution in [1.82, 2.24) is 0 Å². The molecule has 3 rings (SSSR count). The molecule has 1 aliphatic carbocycles. The van der Waals surface area contributed by atoms with Crippen LogP contribution in [0.4, 0.5) is 0 Å². The molecular formula is C15H12O7. The molecule has 1 heterocycles. The van der Waals surface area contributed by atoms with Gasteiger partial charge in [0.1, 0.15) is 23.2 Å². The summed E-state index contributed by atoms with van der Waals surface area (Å²) in [6.45, 7) is 1.62. The Labute approximate surface area is 124 Å². The number of carbonyl (C=O) groups excluding carboxylic acids is 3. The Bertz CT molecular complexity index is 773. The van der Waals surface area contributed by atoms with Crippen LogP contribution < -0.4 is 0 Å². The third-order valence-corrected chi connectivity index (χ3v) is 3.73. The monoisotopic (exact) mass is 304 g/mol. The van der Waals surface area contributed by atoms with Crippen LogP contribution in [0.15, 0.2) is 11.8 Å². The Hall–Kier alpha value is -2.83. The fraction of sp³-hybridized carbons (Fsp3) is 0.267. The first-order chi connectivity index (χ1) is 10.4. The van der Waals surface area contributed by atoms with Crippen LogP contribution in [0.1, 0.15) is 43.6 Å². The molecule has 0 aromatic heterocycles. The Morgan fingerprint density at radius 3 is 2.45 bits per heavy atom. The molecule has 7 nitrogen and oxygen atoms in total. The number of esters is 1. The van der Waals surface area contributed by atoms with E-state index in [9.17, 15) is 24.6 Å². The van der Waals surface area contributed by atoms with Crippen molar-refractivity contribution in [2.45, 2.75) is 19.4 Å². The highest BCUT2D eigenvalue weighted by Gasteiger charge is 2.40. The lowest BCUT2D eigenvalue weighted by molar-refractivity contribution is 0.0293. The van der Waals surface area contributed by atoms with E-state index in [1.807, 2.05) is 0 Å². The zero-order valence-electron chi connectivity index (χ0n) is 11.8. The van der Waals surface area contributed by atoms with Gasteiger partial charge in [0.25, 0.3) is 0 Å². The van der Waals surface area contributed by atoms with Crippen molar-refractivity contribution >= 4 is 17.5 Å². The van der Waals surface area contributed by atoms with Gasteiger partial charge in [-0.25, -0.2) is 4.79 Å². The van der Waals surface area contributed by atoms with Crippen LogP contribution in [-0.2, 0) is 15.9 Å². The number of rotatable bonds is 1. The van der Waals surface area contributed by atoms with Crippen molar-refractivity contribution in [2.75, 3.05) is 7.11 Å². The summed E-state index contributed by atoms with van der Waals surface area (Å²) in [7, 11) is 1.22. The van der Waals surface area contributed by atoms with Gasteiger partial charge in [0.15, 0.2) is 11.5 Å². The van der Waals surface area contributed by atoms with Gasteiger partial charge in [0.2, 0.25) is 5.78 Å². The fourth-order valence-corrected chi connectivity index (χ4v) is 2.76. The number of Topliss-reactive ketones (excluding diaryl/α,β-unsaturated/α-hetero) is 1. The number of benzene rings is 1. The van der Waals surface area contributed by atoms with Gasteiger partial charge in [0, 0.05) is 18.1 Å². The van der Waals surface area contributed by atoms with E-state index in [1.165, 1.54) is 7.11 Å². The van der Waals surface area contributed by atoms with Gasteiger partial charge in [-0.15, -0.1) is 0 Å². The average Bonchev–Trinajstić information content (AvgIpc) is 2.45. The molecule has 0 amide bonds. The van der Waals surface area contributed by atoms with E-state index in [4.69, 9.17) is 9.47 Å². The van der Waals surface area contributed by atoms with Gasteiger partial charge >= 0.3 is 5.97 Å². The molecule has 0 radical (unpaired) electrons. The van der Waals surface area contributed by atoms with Gasteiger partial charge in [-0.05, 0) is 6.92 Å². The Kier molecular flexibility index (Phi) is 2.94. The van der Waals surface area contributed by atoms with E-state index >= 15 is 0 Å². The summed E-state index contributed by atoms with van der Waals surface area (Å²) in [5.74, 6) is -3.67. The number of hydrogen-bond donors (Lipinski definition) is 2. The minimum absolute atomic E-state index is 0.0958. The maximum absolute atomic E-state index is 12.3. The fourth-order valence-electron chi connectivity index (χ4n) is 2.76. The van der Waals surface area contributed by atoms with Crippen LogP contribution in [0, 0.1) is 0 Å². The average molecular weight is 304 g/mol. The quantitative estimate of drug-likeness (QED) is 0.590. The van der Waals surface area contributed by atoms with E-state index in [0.717, 1.165) is 6.08 Å². The number of hydrogen-bond acceptors (Lipinski definition) is 7. The molecule has 2 N–H and O–H groups in total. The van der Waals surface area contributed by atoms with Crippen molar-refractivity contribution in [2.24, 2.45) is 0 Å². The molecule has 1 aromatic carbocycles. The summed E-state index contributed by atoms with van der Waals surface area (Å²) < 4.78 is 9.82. The van der Waals surface area contributed by atoms with Gasteiger partial charge in [-0.2, -0.15) is 0 Å². The molecule has 2 aliphatic rings. The van der Waals surface area contributed by atoms with Gasteiger partial charge in [-0.3, -0.25) is 9.59 Å². The first-order valence-corrected chi connectivity index (χ1v) is 6.53. The lowest BCUT2D eigenvalue weighted by Gasteiger charge is -2.26. The normalized spacial score (nSPS) is 20.0. The zero-order chi connectivity index (χ0) is 16.2. The van der Waals surface area contributed by atoms with E-state index in [-0.39, 0.29) is 28.9 Å². The Morgan fingerprint density at radius 2 is 1.82 bits per heavy atom. The number of allylic oxidation sites excluding steroid dienone is 2. The number of fused-ring (bicyclic) bond motifs is 2. The van der Waals surface area contributed by atoms with Crippen molar-refractivity contribution in [3.8, 4) is 11.5 Å². The number of ether oxygens (including phenoxy) is 2. The van der Waals surface area contributed by atoms with E-state index in [0.29, 0.717) is 0 Å². The molecule has 0 saturated carbocycles. The summed E-state index contributed by atoms with van der Waals surface area (Å²) in [5.41, 5.74) is -0.931. The number of aromatic hydroxyl groups is 2. The van der Waals surface area contributed by atoms with Crippen LogP contribution in [0.25, 0.3) is 0 Å². The molecular weight excluding hydrogens is 292 g/mol. The summed E-state index contributed by atoms with van der Waals surface area (Å²) in [5, 5.41) is 20.6. The SMILES string of the molecule is COC1=CC(=O)c2c(O)c3c(c(O)c2C1=O)CC(C)OC3=O. The third kappa shape index (κ3) is 1.71. The van der Waals surface area contributed by atoms with Crippen LogP contribution in [0.5, 0.6) is 11.5 Å². The molecule has 114 valence electrons. The van der Waals surface area contributed by atoms with Crippen molar-refractivity contribution in [3.05, 3.63) is 34.1 Å². The van der Waals surface area contributed by atoms with Crippen LogP contribution in [0.3, 0.4) is 0 Å². The Balaban J connectivity index is 2.36. The van der Waals surface area contributed by atoms with Gasteiger partial charge < -0.3 is 19.7 Å². The second kappa shape index (κ2) is 4.59. The number of methoxy groups -OCH3 is 1. The second-order valence-electron chi connectivity index (χ2n) is 5.13.